The van der Waals surface area contributed by atoms with Crippen molar-refractivity contribution < 1.29 is 8.39 Å². The number of hydrogen-bond donors (Lipinski definition) is 0. The van der Waals surface area contributed by atoms with Gasteiger partial charge < -0.3 is 0 Å². The van der Waals surface area contributed by atoms with Crippen LogP contribution in [0.25, 0.3) is 0 Å². The van der Waals surface area contributed by atoms with Gasteiger partial charge in [0.25, 0.3) is 0 Å². The molecule has 1 aromatic carbocycles. The number of hydrogen-bond acceptors (Lipinski definition) is 2. The van der Waals surface area contributed by atoms with E-state index in [-0.39, 0.29) is 0 Å². The van der Waals surface area contributed by atoms with Gasteiger partial charge in [0.2, 0.25) is 0 Å². The van der Waals surface area contributed by atoms with Gasteiger partial charge in [-0.05, 0) is 19.1 Å². The van der Waals surface area contributed by atoms with E-state index in [1.165, 1.54) is 0 Å². The van der Waals surface area contributed by atoms with Crippen LogP contribution in [-0.4, -0.2) is 10.8 Å². The lowest BCUT2D eigenvalue weighted by Crippen LogP contribution is -1.96. The second-order valence-electron chi connectivity index (χ2n) is 1.95. The molecule has 60 valence electrons. The Bertz CT molecular complexity index is 233. The van der Waals surface area contributed by atoms with Crippen LogP contribution in [0.3, 0.4) is 0 Å². The maximum Gasteiger partial charge on any atom is 0.189 e. The second kappa shape index (κ2) is 4.26. The second-order valence-corrected chi connectivity index (χ2v) is 3.13. The first kappa shape index (κ1) is 8.43. The molecule has 0 aliphatic carbocycles. The molecule has 1 atom stereocenters. The standard InChI is InChI=1S/C8H10O2S/c1-2-10-11(9)8-6-4-3-5-7-8/h3-7H,2H2,1H3/t11-/m1/s1. The summed E-state index contributed by atoms with van der Waals surface area (Å²) in [4.78, 5) is 0.717. The molecule has 0 saturated carbocycles. The van der Waals surface area contributed by atoms with E-state index < -0.39 is 11.1 Å². The monoisotopic (exact) mass is 170 g/mol. The molecule has 0 N–H and O–H groups in total. The third-order valence-corrected chi connectivity index (χ3v) is 2.27. The minimum Gasteiger partial charge on any atom is -0.287 e. The highest BCUT2D eigenvalue weighted by Gasteiger charge is 1.99. The fraction of sp³-hybridized carbons (Fsp3) is 0.250. The van der Waals surface area contributed by atoms with Crippen molar-refractivity contribution in [2.45, 2.75) is 11.8 Å². The first-order valence-corrected chi connectivity index (χ1v) is 4.52. The van der Waals surface area contributed by atoms with E-state index >= 15 is 0 Å². The van der Waals surface area contributed by atoms with Crippen LogP contribution >= 0.6 is 0 Å². The lowest BCUT2D eigenvalue weighted by molar-refractivity contribution is 0.371. The molecule has 1 aromatic rings. The minimum atomic E-state index is -1.28. The van der Waals surface area contributed by atoms with Gasteiger partial charge in [-0.1, -0.05) is 18.2 Å². The van der Waals surface area contributed by atoms with Crippen molar-refractivity contribution in [2.24, 2.45) is 0 Å². The van der Waals surface area contributed by atoms with E-state index in [0.717, 1.165) is 0 Å². The van der Waals surface area contributed by atoms with Crippen LogP contribution in [0, 0.1) is 0 Å². The van der Waals surface area contributed by atoms with Crippen LogP contribution in [0.4, 0.5) is 0 Å². The molecule has 0 aliphatic rings. The summed E-state index contributed by atoms with van der Waals surface area (Å²) in [6.45, 7) is 2.29. The highest BCUT2D eigenvalue weighted by molar-refractivity contribution is 7.80. The van der Waals surface area contributed by atoms with Crippen molar-refractivity contribution in [3.63, 3.8) is 0 Å². The Balaban J connectivity index is 2.69. The zero-order valence-corrected chi connectivity index (χ0v) is 7.14. The zero-order valence-electron chi connectivity index (χ0n) is 6.32. The van der Waals surface area contributed by atoms with Gasteiger partial charge in [0.1, 0.15) is 0 Å². The maximum absolute atomic E-state index is 11.1. The molecule has 0 spiro atoms. The molecule has 0 aliphatic heterocycles. The molecule has 0 heterocycles. The lowest BCUT2D eigenvalue weighted by Gasteiger charge is -1.98. The van der Waals surface area contributed by atoms with Gasteiger partial charge in [0.15, 0.2) is 11.1 Å². The third-order valence-electron chi connectivity index (χ3n) is 1.16. The average molecular weight is 170 g/mol. The van der Waals surface area contributed by atoms with Crippen LogP contribution in [0.15, 0.2) is 35.2 Å². The van der Waals surface area contributed by atoms with Gasteiger partial charge in [0, 0.05) is 0 Å². The predicted octanol–water partition coefficient (Wildman–Crippen LogP) is 1.75. The summed E-state index contributed by atoms with van der Waals surface area (Å²) in [6, 6.07) is 9.13. The summed E-state index contributed by atoms with van der Waals surface area (Å²) in [5, 5.41) is 0. The van der Waals surface area contributed by atoms with Gasteiger partial charge >= 0.3 is 0 Å². The molecule has 2 nitrogen and oxygen atoms in total. The molecule has 0 fully saturated rings. The van der Waals surface area contributed by atoms with E-state index in [9.17, 15) is 4.21 Å². The van der Waals surface area contributed by atoms with Gasteiger partial charge in [-0.15, -0.1) is 0 Å². The van der Waals surface area contributed by atoms with Crippen LogP contribution in [0.5, 0.6) is 0 Å². The normalized spacial score (nSPS) is 12.8. The van der Waals surface area contributed by atoms with Gasteiger partial charge in [-0.2, -0.15) is 0 Å². The largest absolute Gasteiger partial charge is 0.287 e. The van der Waals surface area contributed by atoms with Crippen molar-refractivity contribution >= 4 is 11.1 Å². The smallest absolute Gasteiger partial charge is 0.189 e. The Hall–Kier alpha value is -0.670. The number of benzene rings is 1. The van der Waals surface area contributed by atoms with Gasteiger partial charge in [-0.25, -0.2) is 4.21 Å². The Labute approximate surface area is 68.9 Å². The summed E-state index contributed by atoms with van der Waals surface area (Å²) in [5.74, 6) is 0. The van der Waals surface area contributed by atoms with E-state index in [2.05, 4.69) is 0 Å². The van der Waals surface area contributed by atoms with E-state index in [1.54, 1.807) is 12.1 Å². The van der Waals surface area contributed by atoms with Crippen LogP contribution in [-0.2, 0) is 15.3 Å². The zero-order chi connectivity index (χ0) is 8.10. The minimum absolute atomic E-state index is 0.474. The molecule has 0 saturated heterocycles. The topological polar surface area (TPSA) is 26.3 Å². The molecule has 3 heteroatoms. The van der Waals surface area contributed by atoms with E-state index in [0.29, 0.717) is 11.5 Å². The van der Waals surface area contributed by atoms with E-state index in [4.69, 9.17) is 4.18 Å². The first-order chi connectivity index (χ1) is 5.34. The van der Waals surface area contributed by atoms with Crippen LogP contribution in [0.1, 0.15) is 6.92 Å². The SMILES string of the molecule is CCO[S@@](=O)c1ccccc1. The van der Waals surface area contributed by atoms with Crippen molar-refractivity contribution in [3.05, 3.63) is 30.3 Å². The van der Waals surface area contributed by atoms with Crippen molar-refractivity contribution in [2.75, 3.05) is 6.61 Å². The van der Waals surface area contributed by atoms with Gasteiger partial charge in [0.05, 0.1) is 11.5 Å². The van der Waals surface area contributed by atoms with Gasteiger partial charge in [-0.3, -0.25) is 4.18 Å². The fourth-order valence-electron chi connectivity index (χ4n) is 0.707. The summed E-state index contributed by atoms with van der Waals surface area (Å²) in [7, 11) is 0. The van der Waals surface area contributed by atoms with Crippen molar-refractivity contribution in [1.29, 1.82) is 0 Å². The van der Waals surface area contributed by atoms with Crippen molar-refractivity contribution in [1.82, 2.24) is 0 Å². The summed E-state index contributed by atoms with van der Waals surface area (Å²) in [5.41, 5.74) is 0. The molecule has 11 heavy (non-hydrogen) atoms. The first-order valence-electron chi connectivity index (χ1n) is 3.44. The summed E-state index contributed by atoms with van der Waals surface area (Å²) >= 11 is -1.28. The Morgan fingerprint density at radius 1 is 1.36 bits per heavy atom. The predicted molar refractivity (Wildman–Crippen MR) is 44.5 cm³/mol. The van der Waals surface area contributed by atoms with Crippen LogP contribution in [0.2, 0.25) is 0 Å². The molecule has 0 bridgehead atoms. The molecular formula is C8H10O2S. The summed E-state index contributed by atoms with van der Waals surface area (Å²) < 4.78 is 16.0. The molecule has 0 aromatic heterocycles. The quantitative estimate of drug-likeness (QED) is 0.690. The Morgan fingerprint density at radius 2 is 2.00 bits per heavy atom. The lowest BCUT2D eigenvalue weighted by atomic mass is 10.4. The highest BCUT2D eigenvalue weighted by atomic mass is 32.2. The molecule has 0 amide bonds. The molecular weight excluding hydrogens is 160 g/mol. The van der Waals surface area contributed by atoms with Crippen LogP contribution < -0.4 is 0 Å². The maximum atomic E-state index is 11.1. The summed E-state index contributed by atoms with van der Waals surface area (Å²) in [6.07, 6.45) is 0. The Morgan fingerprint density at radius 3 is 2.55 bits per heavy atom. The van der Waals surface area contributed by atoms with E-state index in [1.807, 2.05) is 25.1 Å². The van der Waals surface area contributed by atoms with Crippen molar-refractivity contribution in [3.8, 4) is 0 Å². The Kier molecular flexibility index (Phi) is 3.26. The molecule has 0 unspecified atom stereocenters. The third kappa shape index (κ3) is 2.44. The number of rotatable bonds is 3. The fourth-order valence-corrected chi connectivity index (χ4v) is 1.44. The average Bonchev–Trinajstić information content (AvgIpc) is 2.07. The molecule has 0 radical (unpaired) electrons. The molecule has 1 rings (SSSR count). The highest BCUT2D eigenvalue weighted by Crippen LogP contribution is 2.05.